The Kier molecular flexibility index (Phi) is 3.57. The molecule has 22 heavy (non-hydrogen) atoms. The standard InChI is InChI=1S/C14H12N4O4/c1-8(16-13(20)10-3-2-6-21-10)14-17-12(18-22-14)9-4-5-11(19)15-7-9/h2-8H,1H3,(H,15,19)(H,16,20)/t8-/m1/s1. The maximum absolute atomic E-state index is 11.9. The van der Waals surface area contributed by atoms with Crippen LogP contribution in [-0.4, -0.2) is 21.0 Å². The molecule has 3 heterocycles. The number of carbonyl (C=O) groups is 1. The summed E-state index contributed by atoms with van der Waals surface area (Å²) in [6.45, 7) is 1.71. The van der Waals surface area contributed by atoms with Gasteiger partial charge in [0.05, 0.1) is 6.26 Å². The van der Waals surface area contributed by atoms with Crippen molar-refractivity contribution in [3.05, 3.63) is 58.7 Å². The second-order valence-electron chi connectivity index (χ2n) is 4.57. The Labute approximate surface area is 124 Å². The van der Waals surface area contributed by atoms with Gasteiger partial charge in [0.15, 0.2) is 5.76 Å². The van der Waals surface area contributed by atoms with Gasteiger partial charge in [-0.1, -0.05) is 5.16 Å². The minimum absolute atomic E-state index is 0.201. The van der Waals surface area contributed by atoms with E-state index >= 15 is 0 Å². The molecule has 8 nitrogen and oxygen atoms in total. The van der Waals surface area contributed by atoms with Gasteiger partial charge < -0.3 is 19.2 Å². The topological polar surface area (TPSA) is 114 Å². The second kappa shape index (κ2) is 5.68. The number of nitrogens with one attached hydrogen (secondary N) is 2. The summed E-state index contributed by atoms with van der Waals surface area (Å²) < 4.78 is 10.1. The molecule has 0 fully saturated rings. The van der Waals surface area contributed by atoms with Crippen LogP contribution in [0, 0.1) is 0 Å². The lowest BCUT2D eigenvalue weighted by atomic mass is 10.2. The molecule has 1 atom stereocenters. The van der Waals surface area contributed by atoms with E-state index in [9.17, 15) is 9.59 Å². The van der Waals surface area contributed by atoms with Crippen molar-refractivity contribution in [2.45, 2.75) is 13.0 Å². The van der Waals surface area contributed by atoms with Gasteiger partial charge in [-0.15, -0.1) is 0 Å². The molecule has 0 bridgehead atoms. The highest BCUT2D eigenvalue weighted by molar-refractivity contribution is 5.91. The molecule has 0 unspecified atom stereocenters. The molecular weight excluding hydrogens is 288 g/mol. The number of carbonyl (C=O) groups excluding carboxylic acids is 1. The van der Waals surface area contributed by atoms with Crippen LogP contribution in [0.1, 0.15) is 29.4 Å². The summed E-state index contributed by atoms with van der Waals surface area (Å²) in [5.41, 5.74) is 0.394. The number of nitrogens with zero attached hydrogens (tertiary/aromatic N) is 2. The monoisotopic (exact) mass is 300 g/mol. The lowest BCUT2D eigenvalue weighted by Crippen LogP contribution is -2.26. The highest BCUT2D eigenvalue weighted by atomic mass is 16.5. The van der Waals surface area contributed by atoms with Gasteiger partial charge in [-0.25, -0.2) is 0 Å². The molecule has 0 aliphatic carbocycles. The maximum atomic E-state index is 11.9. The minimum Gasteiger partial charge on any atom is -0.459 e. The average Bonchev–Trinajstić information content (AvgIpc) is 3.20. The molecule has 0 aliphatic heterocycles. The van der Waals surface area contributed by atoms with E-state index in [-0.39, 0.29) is 23.1 Å². The minimum atomic E-state index is -0.485. The molecule has 0 aliphatic rings. The predicted octanol–water partition coefficient (Wildman–Crippen LogP) is 1.51. The fourth-order valence-electron chi connectivity index (χ4n) is 1.82. The van der Waals surface area contributed by atoms with E-state index < -0.39 is 6.04 Å². The number of pyridine rings is 1. The summed E-state index contributed by atoms with van der Waals surface area (Å²) >= 11 is 0. The molecule has 8 heteroatoms. The number of H-pyrrole nitrogens is 1. The van der Waals surface area contributed by atoms with Gasteiger partial charge in [-0.2, -0.15) is 4.98 Å². The first kappa shape index (κ1) is 13.8. The van der Waals surface area contributed by atoms with Crippen molar-refractivity contribution < 1.29 is 13.7 Å². The van der Waals surface area contributed by atoms with E-state index in [1.54, 1.807) is 25.1 Å². The summed E-state index contributed by atoms with van der Waals surface area (Å²) in [5, 5.41) is 6.51. The fourth-order valence-corrected chi connectivity index (χ4v) is 1.82. The molecule has 3 aromatic rings. The summed E-state index contributed by atoms with van der Waals surface area (Å²) in [5.74, 6) is 0.403. The molecule has 2 N–H and O–H groups in total. The van der Waals surface area contributed by atoms with Crippen LogP contribution in [0.15, 0.2) is 50.5 Å². The first-order chi connectivity index (χ1) is 10.6. The number of furan rings is 1. The van der Waals surface area contributed by atoms with Gasteiger partial charge in [-0.3, -0.25) is 9.59 Å². The van der Waals surface area contributed by atoms with E-state index in [4.69, 9.17) is 8.94 Å². The lowest BCUT2D eigenvalue weighted by molar-refractivity contribution is 0.0904. The van der Waals surface area contributed by atoms with Gasteiger partial charge in [0.25, 0.3) is 5.91 Å². The Morgan fingerprint density at radius 3 is 2.91 bits per heavy atom. The van der Waals surface area contributed by atoms with Crippen LogP contribution in [0.2, 0.25) is 0 Å². The van der Waals surface area contributed by atoms with Gasteiger partial charge >= 0.3 is 0 Å². The quantitative estimate of drug-likeness (QED) is 0.754. The number of rotatable bonds is 4. The number of aromatic amines is 1. The molecule has 0 radical (unpaired) electrons. The van der Waals surface area contributed by atoms with Crippen LogP contribution in [0.5, 0.6) is 0 Å². The van der Waals surface area contributed by atoms with Gasteiger partial charge in [0.1, 0.15) is 6.04 Å². The van der Waals surface area contributed by atoms with E-state index in [1.165, 1.54) is 18.5 Å². The van der Waals surface area contributed by atoms with Crippen LogP contribution in [-0.2, 0) is 0 Å². The number of hydrogen-bond donors (Lipinski definition) is 2. The smallest absolute Gasteiger partial charge is 0.287 e. The van der Waals surface area contributed by atoms with Crippen molar-refractivity contribution in [1.82, 2.24) is 20.4 Å². The van der Waals surface area contributed by atoms with Gasteiger partial charge in [0, 0.05) is 17.8 Å². The zero-order valence-electron chi connectivity index (χ0n) is 11.6. The Bertz CT molecular complexity index is 814. The lowest BCUT2D eigenvalue weighted by Gasteiger charge is -2.07. The molecule has 3 aromatic heterocycles. The highest BCUT2D eigenvalue weighted by Gasteiger charge is 2.19. The average molecular weight is 300 g/mol. The maximum Gasteiger partial charge on any atom is 0.287 e. The third kappa shape index (κ3) is 2.80. The first-order valence-corrected chi connectivity index (χ1v) is 6.50. The van der Waals surface area contributed by atoms with Crippen molar-refractivity contribution in [3.63, 3.8) is 0 Å². The number of amides is 1. The zero-order chi connectivity index (χ0) is 15.5. The molecule has 3 rings (SSSR count). The normalized spacial score (nSPS) is 12.0. The Balaban J connectivity index is 1.74. The molecule has 0 saturated carbocycles. The number of aromatic nitrogens is 3. The van der Waals surface area contributed by atoms with Crippen LogP contribution in [0.25, 0.3) is 11.4 Å². The Morgan fingerprint density at radius 1 is 1.36 bits per heavy atom. The summed E-state index contributed by atoms with van der Waals surface area (Å²) in [6.07, 6.45) is 2.91. The van der Waals surface area contributed by atoms with E-state index in [0.29, 0.717) is 11.4 Å². The molecule has 1 amide bonds. The summed E-state index contributed by atoms with van der Waals surface area (Å²) in [7, 11) is 0. The molecule has 0 aromatic carbocycles. The van der Waals surface area contributed by atoms with Crippen LogP contribution >= 0.6 is 0 Å². The van der Waals surface area contributed by atoms with Gasteiger partial charge in [0.2, 0.25) is 17.3 Å². The Hall–Kier alpha value is -3.16. The fraction of sp³-hybridized carbons (Fsp3) is 0.143. The second-order valence-corrected chi connectivity index (χ2v) is 4.57. The van der Waals surface area contributed by atoms with Crippen LogP contribution < -0.4 is 10.9 Å². The first-order valence-electron chi connectivity index (χ1n) is 6.50. The van der Waals surface area contributed by atoms with Crippen LogP contribution in [0.4, 0.5) is 0 Å². The SMILES string of the molecule is C[C@@H](NC(=O)c1ccco1)c1nc(-c2ccc(=O)[nH]c2)no1. The van der Waals surface area contributed by atoms with E-state index in [2.05, 4.69) is 20.4 Å². The highest BCUT2D eigenvalue weighted by Crippen LogP contribution is 2.17. The predicted molar refractivity (Wildman–Crippen MR) is 74.9 cm³/mol. The summed E-state index contributed by atoms with van der Waals surface area (Å²) in [6, 6.07) is 5.65. The van der Waals surface area contributed by atoms with Crippen LogP contribution in [0.3, 0.4) is 0 Å². The van der Waals surface area contributed by atoms with E-state index in [0.717, 1.165) is 0 Å². The largest absolute Gasteiger partial charge is 0.459 e. The van der Waals surface area contributed by atoms with Crippen molar-refractivity contribution in [2.75, 3.05) is 0 Å². The van der Waals surface area contributed by atoms with Crippen molar-refractivity contribution in [2.24, 2.45) is 0 Å². The van der Waals surface area contributed by atoms with Crippen molar-refractivity contribution >= 4 is 5.91 Å². The molecular formula is C14H12N4O4. The van der Waals surface area contributed by atoms with Crippen molar-refractivity contribution in [1.29, 1.82) is 0 Å². The third-order valence-corrected chi connectivity index (χ3v) is 2.95. The number of hydrogen-bond acceptors (Lipinski definition) is 6. The third-order valence-electron chi connectivity index (χ3n) is 2.95. The summed E-state index contributed by atoms with van der Waals surface area (Å²) in [4.78, 5) is 29.6. The van der Waals surface area contributed by atoms with Gasteiger partial charge in [-0.05, 0) is 25.1 Å². The van der Waals surface area contributed by atoms with Crippen molar-refractivity contribution in [3.8, 4) is 11.4 Å². The molecule has 112 valence electrons. The zero-order valence-corrected chi connectivity index (χ0v) is 11.6. The van der Waals surface area contributed by atoms with E-state index in [1.807, 2.05) is 0 Å². The molecule has 0 saturated heterocycles. The Morgan fingerprint density at radius 2 is 2.23 bits per heavy atom. The molecule has 0 spiro atoms.